The number of hydrogen-bond acceptors (Lipinski definition) is 5. The molecule has 0 fully saturated rings. The molecule has 1 atom stereocenters. The summed E-state index contributed by atoms with van der Waals surface area (Å²) in [4.78, 5) is 6.47. The van der Waals surface area contributed by atoms with E-state index in [9.17, 15) is 8.42 Å². The summed E-state index contributed by atoms with van der Waals surface area (Å²) in [6.45, 7) is 4.80. The topological polar surface area (TPSA) is 64.4 Å². The van der Waals surface area contributed by atoms with Crippen LogP contribution in [0.3, 0.4) is 0 Å². The van der Waals surface area contributed by atoms with Gasteiger partial charge < -0.3 is 9.30 Å². The van der Waals surface area contributed by atoms with Gasteiger partial charge in [0.1, 0.15) is 5.75 Å². The lowest BCUT2D eigenvalue weighted by Crippen LogP contribution is -2.24. The van der Waals surface area contributed by atoms with Crippen LogP contribution in [0.4, 0.5) is 0 Å². The van der Waals surface area contributed by atoms with Crippen molar-refractivity contribution < 1.29 is 13.2 Å². The number of sulfone groups is 1. The molecule has 0 amide bonds. The van der Waals surface area contributed by atoms with E-state index in [4.69, 9.17) is 4.74 Å². The average Bonchev–Trinajstić information content (AvgIpc) is 3.16. The molecule has 0 aliphatic carbocycles. The lowest BCUT2D eigenvalue weighted by Gasteiger charge is -2.26. The van der Waals surface area contributed by atoms with E-state index in [0.29, 0.717) is 13.1 Å². The molecule has 3 rings (SSSR count). The zero-order valence-corrected chi connectivity index (χ0v) is 18.8. The van der Waals surface area contributed by atoms with Gasteiger partial charge in [-0.05, 0) is 37.2 Å². The summed E-state index contributed by atoms with van der Waals surface area (Å²) in [6.07, 6.45) is 1.68. The van der Waals surface area contributed by atoms with E-state index >= 15 is 0 Å². The Kier molecular flexibility index (Phi) is 6.95. The highest BCUT2D eigenvalue weighted by Gasteiger charge is 2.23. The molecule has 0 N–H and O–H groups in total. The van der Waals surface area contributed by atoms with Crippen molar-refractivity contribution in [2.45, 2.75) is 38.1 Å². The van der Waals surface area contributed by atoms with Crippen LogP contribution in [0.1, 0.15) is 36.7 Å². The average molecular weight is 428 g/mol. The Morgan fingerprint density at radius 1 is 1.13 bits per heavy atom. The van der Waals surface area contributed by atoms with Gasteiger partial charge in [-0.15, -0.1) is 0 Å². The Balaban J connectivity index is 1.91. The monoisotopic (exact) mass is 427 g/mol. The van der Waals surface area contributed by atoms with Gasteiger partial charge in [-0.1, -0.05) is 49.4 Å². The van der Waals surface area contributed by atoms with Crippen LogP contribution in [-0.2, 0) is 22.9 Å². The van der Waals surface area contributed by atoms with Crippen LogP contribution in [0.25, 0.3) is 0 Å². The largest absolute Gasteiger partial charge is 0.497 e. The lowest BCUT2D eigenvalue weighted by atomic mass is 10.1. The zero-order valence-electron chi connectivity index (χ0n) is 17.9. The van der Waals surface area contributed by atoms with E-state index in [1.807, 2.05) is 60.1 Å². The Hall–Kier alpha value is -2.64. The maximum absolute atomic E-state index is 12.6. The second-order valence-corrected chi connectivity index (χ2v) is 9.55. The molecule has 0 aliphatic rings. The molecule has 3 aromatic rings. The van der Waals surface area contributed by atoms with Gasteiger partial charge in [0.25, 0.3) is 0 Å². The zero-order chi connectivity index (χ0) is 21.7. The number of hydrogen-bond donors (Lipinski definition) is 0. The number of rotatable bonds is 9. The van der Waals surface area contributed by atoms with E-state index < -0.39 is 9.84 Å². The van der Waals surface area contributed by atoms with E-state index in [1.165, 1.54) is 0 Å². The predicted octanol–water partition coefficient (Wildman–Crippen LogP) is 3.93. The number of aromatic nitrogens is 2. The number of ether oxygens (including phenoxy) is 1. The first-order valence-electron chi connectivity index (χ1n) is 10.0. The van der Waals surface area contributed by atoms with Crippen LogP contribution in [0.2, 0.25) is 0 Å². The van der Waals surface area contributed by atoms with Crippen LogP contribution >= 0.6 is 0 Å². The first-order chi connectivity index (χ1) is 14.4. The fraction of sp³-hybridized carbons (Fsp3) is 0.348. The van der Waals surface area contributed by atoms with Crippen LogP contribution < -0.4 is 4.74 Å². The molecule has 0 unspecified atom stereocenters. The SMILES string of the molecule is CCS(=O)(=O)c1ncc(CN(C)[C@@H](C)c2cccc(OC)c2)n1Cc1ccccc1. The van der Waals surface area contributed by atoms with Gasteiger partial charge in [0.15, 0.2) is 0 Å². The molecule has 0 radical (unpaired) electrons. The summed E-state index contributed by atoms with van der Waals surface area (Å²) < 4.78 is 32.4. The number of nitrogens with zero attached hydrogens (tertiary/aromatic N) is 3. The van der Waals surface area contributed by atoms with E-state index in [0.717, 1.165) is 22.6 Å². The fourth-order valence-electron chi connectivity index (χ4n) is 3.38. The fourth-order valence-corrected chi connectivity index (χ4v) is 4.37. The van der Waals surface area contributed by atoms with E-state index in [2.05, 4.69) is 22.9 Å². The number of imidazole rings is 1. The molecule has 0 aliphatic heterocycles. The summed E-state index contributed by atoms with van der Waals surface area (Å²) in [5.74, 6) is 0.840. The van der Waals surface area contributed by atoms with Crippen molar-refractivity contribution >= 4 is 9.84 Å². The molecule has 1 aromatic heterocycles. The van der Waals surface area contributed by atoms with Crippen LogP contribution in [0.15, 0.2) is 66.0 Å². The molecule has 0 saturated heterocycles. The third-order valence-corrected chi connectivity index (χ3v) is 7.03. The van der Waals surface area contributed by atoms with Gasteiger partial charge >= 0.3 is 0 Å². The third-order valence-electron chi connectivity index (χ3n) is 5.39. The van der Waals surface area contributed by atoms with Gasteiger partial charge in [-0.2, -0.15) is 0 Å². The third kappa shape index (κ3) is 4.91. The van der Waals surface area contributed by atoms with Crippen LogP contribution in [0, 0.1) is 0 Å². The summed E-state index contributed by atoms with van der Waals surface area (Å²) in [5, 5.41) is 0.131. The van der Waals surface area contributed by atoms with E-state index in [-0.39, 0.29) is 17.0 Å². The second kappa shape index (κ2) is 9.45. The summed E-state index contributed by atoms with van der Waals surface area (Å²) >= 11 is 0. The second-order valence-electron chi connectivity index (χ2n) is 7.37. The smallest absolute Gasteiger partial charge is 0.228 e. The Morgan fingerprint density at radius 2 is 1.87 bits per heavy atom. The van der Waals surface area contributed by atoms with Crippen molar-refractivity contribution in [1.29, 1.82) is 0 Å². The summed E-state index contributed by atoms with van der Waals surface area (Å²) in [7, 11) is 0.255. The molecular weight excluding hydrogens is 398 g/mol. The van der Waals surface area contributed by atoms with Crippen LogP contribution in [0.5, 0.6) is 5.75 Å². The van der Waals surface area contributed by atoms with Crippen molar-refractivity contribution in [2.24, 2.45) is 0 Å². The van der Waals surface area contributed by atoms with Crippen molar-refractivity contribution in [3.05, 3.63) is 77.6 Å². The lowest BCUT2D eigenvalue weighted by molar-refractivity contribution is 0.245. The predicted molar refractivity (Wildman–Crippen MR) is 118 cm³/mol. The Labute approximate surface area is 179 Å². The molecular formula is C23H29N3O3S. The minimum Gasteiger partial charge on any atom is -0.497 e. The molecule has 6 nitrogen and oxygen atoms in total. The Bertz CT molecular complexity index is 1080. The minimum absolute atomic E-state index is 0.0221. The van der Waals surface area contributed by atoms with Crippen molar-refractivity contribution in [1.82, 2.24) is 14.5 Å². The van der Waals surface area contributed by atoms with Crippen molar-refractivity contribution in [3.8, 4) is 5.75 Å². The first-order valence-corrected chi connectivity index (χ1v) is 11.7. The van der Waals surface area contributed by atoms with Crippen molar-refractivity contribution in [2.75, 3.05) is 19.9 Å². The maximum atomic E-state index is 12.6. The standard InChI is InChI=1S/C23H29N3O3S/c1-5-30(27,28)23-24-15-21(26(23)16-19-10-7-6-8-11-19)17-25(3)18(2)20-12-9-13-22(14-20)29-4/h6-15,18H,5,16-17H2,1-4H3/t18-/m0/s1. The molecule has 0 bridgehead atoms. The summed E-state index contributed by atoms with van der Waals surface area (Å²) in [5.41, 5.74) is 3.03. The van der Waals surface area contributed by atoms with Gasteiger partial charge in [0, 0.05) is 12.6 Å². The highest BCUT2D eigenvalue weighted by molar-refractivity contribution is 7.91. The first kappa shape index (κ1) is 22.1. The molecule has 30 heavy (non-hydrogen) atoms. The molecule has 7 heteroatoms. The summed E-state index contributed by atoms with van der Waals surface area (Å²) in [6, 6.07) is 18.0. The number of methoxy groups -OCH3 is 1. The molecule has 160 valence electrons. The van der Waals surface area contributed by atoms with Crippen LogP contribution in [-0.4, -0.2) is 42.8 Å². The van der Waals surface area contributed by atoms with Gasteiger partial charge in [0.05, 0.1) is 31.3 Å². The molecule has 2 aromatic carbocycles. The van der Waals surface area contributed by atoms with E-state index in [1.54, 1.807) is 20.2 Å². The highest BCUT2D eigenvalue weighted by Crippen LogP contribution is 2.25. The Morgan fingerprint density at radius 3 is 2.53 bits per heavy atom. The molecule has 0 spiro atoms. The van der Waals surface area contributed by atoms with Gasteiger partial charge in [-0.25, -0.2) is 13.4 Å². The van der Waals surface area contributed by atoms with Gasteiger partial charge in [-0.3, -0.25) is 4.90 Å². The number of benzene rings is 2. The van der Waals surface area contributed by atoms with Crippen molar-refractivity contribution in [3.63, 3.8) is 0 Å². The maximum Gasteiger partial charge on any atom is 0.228 e. The normalized spacial score (nSPS) is 12.8. The van der Waals surface area contributed by atoms with Gasteiger partial charge in [0.2, 0.25) is 15.0 Å². The quantitative estimate of drug-likeness (QED) is 0.518. The highest BCUT2D eigenvalue weighted by atomic mass is 32.2. The molecule has 1 heterocycles. The molecule has 0 saturated carbocycles. The minimum atomic E-state index is -3.43.